The largest absolute Gasteiger partial charge is 0.497 e. The monoisotopic (exact) mass is 411 g/mol. The predicted molar refractivity (Wildman–Crippen MR) is 113 cm³/mol. The van der Waals surface area contributed by atoms with Crippen LogP contribution in [0.15, 0.2) is 30.5 Å². The van der Waals surface area contributed by atoms with Crippen LogP contribution < -0.4 is 10.5 Å². The molecular formula is C21H25N5O2S. The van der Waals surface area contributed by atoms with Gasteiger partial charge >= 0.3 is 0 Å². The number of hydrogen-bond donors (Lipinski definition) is 2. The number of H-pyrrole nitrogens is 1. The lowest BCUT2D eigenvalue weighted by atomic mass is 9.96. The summed E-state index contributed by atoms with van der Waals surface area (Å²) in [5.41, 5.74) is 7.44. The summed E-state index contributed by atoms with van der Waals surface area (Å²) in [5.74, 6) is 1.40. The van der Waals surface area contributed by atoms with Crippen molar-refractivity contribution < 1.29 is 9.53 Å². The fraction of sp³-hybridized carbons (Fsp3) is 0.381. The van der Waals surface area contributed by atoms with Gasteiger partial charge in [-0.1, -0.05) is 0 Å². The first kappa shape index (κ1) is 19.6. The second kappa shape index (κ2) is 8.34. The Kier molecular flexibility index (Phi) is 5.64. The Morgan fingerprint density at radius 1 is 1.31 bits per heavy atom. The molecule has 1 fully saturated rings. The van der Waals surface area contributed by atoms with Crippen LogP contribution >= 0.6 is 11.3 Å². The number of aromatic amines is 1. The smallest absolute Gasteiger partial charge is 0.267 e. The van der Waals surface area contributed by atoms with Gasteiger partial charge in [0.15, 0.2) is 0 Å². The minimum atomic E-state index is -0.493. The van der Waals surface area contributed by atoms with Crippen molar-refractivity contribution in [2.45, 2.75) is 32.2 Å². The average molecular weight is 412 g/mol. The molecule has 1 saturated heterocycles. The quantitative estimate of drug-likeness (QED) is 0.648. The Morgan fingerprint density at radius 2 is 2.03 bits per heavy atom. The number of nitrogens with zero attached hydrogens (tertiary/aromatic N) is 3. The van der Waals surface area contributed by atoms with Crippen molar-refractivity contribution in [2.75, 3.05) is 20.2 Å². The van der Waals surface area contributed by atoms with Crippen LogP contribution in [0.4, 0.5) is 0 Å². The van der Waals surface area contributed by atoms with E-state index >= 15 is 0 Å². The highest BCUT2D eigenvalue weighted by Crippen LogP contribution is 2.31. The lowest BCUT2D eigenvalue weighted by molar-refractivity contribution is 0.0996. The van der Waals surface area contributed by atoms with Crippen LogP contribution in [-0.2, 0) is 6.54 Å². The van der Waals surface area contributed by atoms with E-state index in [-0.39, 0.29) is 0 Å². The molecule has 0 unspecified atom stereocenters. The number of rotatable bonds is 6. The van der Waals surface area contributed by atoms with Gasteiger partial charge in [-0.2, -0.15) is 0 Å². The molecule has 3 heterocycles. The number of aromatic nitrogens is 3. The molecule has 0 bridgehead atoms. The van der Waals surface area contributed by atoms with Crippen LogP contribution in [0.25, 0.3) is 11.3 Å². The highest BCUT2D eigenvalue weighted by atomic mass is 32.1. The zero-order chi connectivity index (χ0) is 20.4. The van der Waals surface area contributed by atoms with Gasteiger partial charge in [0.1, 0.15) is 23.0 Å². The topological polar surface area (TPSA) is 97.1 Å². The molecule has 2 aromatic heterocycles. The third kappa shape index (κ3) is 4.33. The molecule has 3 aromatic rings. The number of hydrogen-bond acceptors (Lipinski definition) is 6. The van der Waals surface area contributed by atoms with E-state index in [1.165, 1.54) is 4.88 Å². The van der Waals surface area contributed by atoms with Gasteiger partial charge in [-0.05, 0) is 57.1 Å². The maximum Gasteiger partial charge on any atom is 0.267 e. The first-order valence-corrected chi connectivity index (χ1v) is 10.5. The highest BCUT2D eigenvalue weighted by molar-refractivity contribution is 7.11. The van der Waals surface area contributed by atoms with Crippen molar-refractivity contribution in [1.82, 2.24) is 19.9 Å². The fourth-order valence-electron chi connectivity index (χ4n) is 3.78. The summed E-state index contributed by atoms with van der Waals surface area (Å²) >= 11 is 1.76. The Balaban J connectivity index is 1.48. The minimum absolute atomic E-state index is 0.291. The normalized spacial score (nSPS) is 15.5. The van der Waals surface area contributed by atoms with E-state index in [4.69, 9.17) is 15.5 Å². The predicted octanol–water partition coefficient (Wildman–Crippen LogP) is 3.33. The number of imidazole rings is 1. The van der Waals surface area contributed by atoms with Crippen LogP contribution in [-0.4, -0.2) is 46.0 Å². The number of nitrogens with one attached hydrogen (secondary N) is 1. The molecule has 0 spiro atoms. The Morgan fingerprint density at radius 3 is 2.62 bits per heavy atom. The van der Waals surface area contributed by atoms with E-state index in [1.807, 2.05) is 37.4 Å². The van der Waals surface area contributed by atoms with Crippen LogP contribution in [0.5, 0.6) is 5.75 Å². The van der Waals surface area contributed by atoms with E-state index in [1.54, 1.807) is 18.4 Å². The number of methoxy groups -OCH3 is 1. The minimum Gasteiger partial charge on any atom is -0.497 e. The van der Waals surface area contributed by atoms with Gasteiger partial charge < -0.3 is 15.5 Å². The van der Waals surface area contributed by atoms with Crippen LogP contribution in [0, 0.1) is 6.92 Å². The number of aryl methyl sites for hydroxylation is 1. The van der Waals surface area contributed by atoms with Gasteiger partial charge in [-0.25, -0.2) is 9.97 Å². The van der Waals surface area contributed by atoms with Crippen molar-refractivity contribution in [3.8, 4) is 17.0 Å². The molecule has 4 rings (SSSR count). The SMILES string of the molecule is COc1ccc(-c2nc(C3CCN(Cc4cnc(C)s4)CC3)[nH]c2C(N)=O)cc1. The first-order valence-electron chi connectivity index (χ1n) is 9.71. The van der Waals surface area contributed by atoms with Crippen molar-refractivity contribution in [3.63, 3.8) is 0 Å². The molecule has 3 N–H and O–H groups in total. The number of benzene rings is 1. The number of thiazole rings is 1. The molecule has 0 aliphatic carbocycles. The van der Waals surface area contributed by atoms with E-state index in [2.05, 4.69) is 14.9 Å². The van der Waals surface area contributed by atoms with Crippen LogP contribution in [0.1, 0.15) is 45.0 Å². The number of primary amides is 1. The molecule has 7 nitrogen and oxygen atoms in total. The Hall–Kier alpha value is -2.71. The molecule has 152 valence electrons. The summed E-state index contributed by atoms with van der Waals surface area (Å²) < 4.78 is 5.21. The lowest BCUT2D eigenvalue weighted by Gasteiger charge is -2.30. The molecule has 1 aliphatic rings. The van der Waals surface area contributed by atoms with Crippen molar-refractivity contribution in [1.29, 1.82) is 0 Å². The summed E-state index contributed by atoms with van der Waals surface area (Å²) in [4.78, 5) is 28.0. The number of ether oxygens (including phenoxy) is 1. The zero-order valence-corrected chi connectivity index (χ0v) is 17.5. The summed E-state index contributed by atoms with van der Waals surface area (Å²) in [6, 6.07) is 7.50. The van der Waals surface area contributed by atoms with Crippen LogP contribution in [0.2, 0.25) is 0 Å². The molecule has 0 saturated carbocycles. The molecule has 8 heteroatoms. The molecule has 1 aromatic carbocycles. The molecule has 29 heavy (non-hydrogen) atoms. The van der Waals surface area contributed by atoms with Gasteiger partial charge in [0.05, 0.1) is 12.1 Å². The lowest BCUT2D eigenvalue weighted by Crippen LogP contribution is -2.32. The third-order valence-corrected chi connectivity index (χ3v) is 6.25. The average Bonchev–Trinajstić information content (AvgIpc) is 3.35. The number of carbonyl (C=O) groups excluding carboxylic acids is 1. The maximum absolute atomic E-state index is 12.0. The summed E-state index contributed by atoms with van der Waals surface area (Å²) in [7, 11) is 1.62. The van der Waals surface area contributed by atoms with Gasteiger partial charge in [0.25, 0.3) is 5.91 Å². The van der Waals surface area contributed by atoms with Crippen LogP contribution in [0.3, 0.4) is 0 Å². The van der Waals surface area contributed by atoms with E-state index in [0.29, 0.717) is 17.3 Å². The van der Waals surface area contributed by atoms with Crippen molar-refractivity contribution in [3.05, 3.63) is 51.9 Å². The van der Waals surface area contributed by atoms with Gasteiger partial charge in [-0.15, -0.1) is 11.3 Å². The molecule has 0 atom stereocenters. The zero-order valence-electron chi connectivity index (χ0n) is 16.6. The molecule has 1 aliphatic heterocycles. The summed E-state index contributed by atoms with van der Waals surface area (Å²) in [5, 5.41) is 1.11. The van der Waals surface area contributed by atoms with Crippen molar-refractivity contribution in [2.24, 2.45) is 5.73 Å². The highest BCUT2D eigenvalue weighted by Gasteiger charge is 2.26. The second-order valence-corrected chi connectivity index (χ2v) is 8.65. The third-order valence-electron chi connectivity index (χ3n) is 5.35. The Bertz CT molecular complexity index is 987. The van der Waals surface area contributed by atoms with E-state index in [9.17, 15) is 4.79 Å². The van der Waals surface area contributed by atoms with Gasteiger partial charge in [-0.3, -0.25) is 9.69 Å². The molecular weight excluding hydrogens is 386 g/mol. The maximum atomic E-state index is 12.0. The van der Waals surface area contributed by atoms with Crippen molar-refractivity contribution >= 4 is 17.2 Å². The van der Waals surface area contributed by atoms with Gasteiger partial charge in [0, 0.05) is 29.1 Å². The number of nitrogens with two attached hydrogens (primary N) is 1. The fourth-order valence-corrected chi connectivity index (χ4v) is 4.62. The van der Waals surface area contributed by atoms with E-state index in [0.717, 1.165) is 54.6 Å². The summed E-state index contributed by atoms with van der Waals surface area (Å²) in [6.45, 7) is 4.96. The van der Waals surface area contributed by atoms with Gasteiger partial charge in [0.2, 0.25) is 0 Å². The molecule has 1 amide bonds. The number of likely N-dealkylation sites (tertiary alicyclic amines) is 1. The summed E-state index contributed by atoms with van der Waals surface area (Å²) in [6.07, 6.45) is 3.95. The number of piperidine rings is 1. The standard InChI is InChI=1S/C21H25N5O2S/c1-13-23-11-17(29-13)12-26-9-7-15(8-10-26)21-24-18(19(25-21)20(22)27)14-3-5-16(28-2)6-4-14/h3-6,11,15H,7-10,12H2,1-2H3,(H2,22,27)(H,24,25). The molecule has 0 radical (unpaired) electrons. The number of carbonyl (C=O) groups is 1. The number of amides is 1. The van der Waals surface area contributed by atoms with E-state index < -0.39 is 5.91 Å². The second-order valence-electron chi connectivity index (χ2n) is 7.33. The first-order chi connectivity index (χ1) is 14.0. The Labute approximate surface area is 173 Å².